The van der Waals surface area contributed by atoms with Crippen molar-refractivity contribution in [1.29, 1.82) is 0 Å². The van der Waals surface area contributed by atoms with Crippen LogP contribution in [-0.4, -0.2) is 26.8 Å². The number of H-pyrrole nitrogens is 1. The Balaban J connectivity index is 2.06. The number of benzene rings is 1. The fourth-order valence-corrected chi connectivity index (χ4v) is 2.51. The van der Waals surface area contributed by atoms with Gasteiger partial charge in [0.05, 0.1) is 17.6 Å². The van der Waals surface area contributed by atoms with Crippen LogP contribution in [0.25, 0.3) is 11.3 Å². The summed E-state index contributed by atoms with van der Waals surface area (Å²) < 4.78 is 0. The van der Waals surface area contributed by atoms with Gasteiger partial charge < -0.3 is 10.1 Å². The van der Waals surface area contributed by atoms with Crippen LogP contribution in [0.5, 0.6) is 0 Å². The Bertz CT molecular complexity index is 576. The first-order valence-electron chi connectivity index (χ1n) is 6.53. The number of thioether (sulfide) groups is 1. The monoisotopic (exact) mass is 290 g/mol. The number of rotatable bonds is 6. The molecule has 0 radical (unpaired) electrons. The van der Waals surface area contributed by atoms with Crippen molar-refractivity contribution in [2.24, 2.45) is 5.92 Å². The molecule has 1 aromatic heterocycles. The molecule has 106 valence electrons. The maximum absolute atomic E-state index is 10.5. The Morgan fingerprint density at radius 2 is 2.05 bits per heavy atom. The van der Waals surface area contributed by atoms with Crippen molar-refractivity contribution in [1.82, 2.24) is 9.97 Å². The molecule has 0 fully saturated rings. The van der Waals surface area contributed by atoms with Crippen molar-refractivity contribution in [3.05, 3.63) is 36.0 Å². The van der Waals surface area contributed by atoms with Gasteiger partial charge in [0.2, 0.25) is 0 Å². The number of nitrogens with one attached hydrogen (secondary N) is 1. The summed E-state index contributed by atoms with van der Waals surface area (Å²) >= 11 is 1.19. The van der Waals surface area contributed by atoms with Gasteiger partial charge >= 0.3 is 5.97 Å². The van der Waals surface area contributed by atoms with Crippen molar-refractivity contribution in [3.8, 4) is 11.3 Å². The van der Waals surface area contributed by atoms with Crippen LogP contribution in [0, 0.1) is 5.92 Å². The average molecular weight is 290 g/mol. The first-order chi connectivity index (χ1) is 9.54. The van der Waals surface area contributed by atoms with Crippen molar-refractivity contribution in [3.63, 3.8) is 0 Å². The molecule has 0 aliphatic carbocycles. The molecule has 0 spiro atoms. The number of carbonyl (C=O) groups is 1. The van der Waals surface area contributed by atoms with Crippen LogP contribution < -0.4 is 0 Å². The zero-order valence-corrected chi connectivity index (χ0v) is 12.4. The van der Waals surface area contributed by atoms with E-state index in [4.69, 9.17) is 5.11 Å². The standard InChI is InChI=1S/C15H18N2O2S/c1-10(2)7-11-3-5-12(6-4-11)13-8-16-15(17-13)20-9-14(18)19/h3-6,8,10H,7,9H2,1-2H3,(H,16,17)(H,18,19). The summed E-state index contributed by atoms with van der Waals surface area (Å²) in [7, 11) is 0. The molecule has 0 bridgehead atoms. The highest BCUT2D eigenvalue weighted by atomic mass is 32.2. The summed E-state index contributed by atoms with van der Waals surface area (Å²) in [5.74, 6) is -0.182. The second kappa shape index (κ2) is 6.61. The maximum Gasteiger partial charge on any atom is 0.313 e. The van der Waals surface area contributed by atoms with Gasteiger partial charge in [-0.2, -0.15) is 0 Å². The SMILES string of the molecule is CC(C)Cc1ccc(-c2cnc(SCC(=O)O)[nH]2)cc1. The van der Waals surface area contributed by atoms with Gasteiger partial charge in [-0.05, 0) is 23.5 Å². The minimum absolute atomic E-state index is 0.0142. The summed E-state index contributed by atoms with van der Waals surface area (Å²) in [4.78, 5) is 17.8. The maximum atomic E-state index is 10.5. The number of hydrogen-bond donors (Lipinski definition) is 2. The zero-order valence-electron chi connectivity index (χ0n) is 11.6. The number of carboxylic acid groups (broad SMARTS) is 1. The van der Waals surface area contributed by atoms with Gasteiger partial charge in [0.1, 0.15) is 0 Å². The Morgan fingerprint density at radius 1 is 1.35 bits per heavy atom. The molecule has 2 rings (SSSR count). The number of carboxylic acids is 1. The van der Waals surface area contributed by atoms with E-state index in [1.54, 1.807) is 6.20 Å². The third-order valence-electron chi connectivity index (χ3n) is 2.79. The molecule has 1 heterocycles. The molecule has 5 heteroatoms. The van der Waals surface area contributed by atoms with Crippen molar-refractivity contribution >= 4 is 17.7 Å². The summed E-state index contributed by atoms with van der Waals surface area (Å²) in [6.07, 6.45) is 2.81. The molecule has 0 aliphatic rings. The first-order valence-corrected chi connectivity index (χ1v) is 7.52. The molecule has 2 aromatic rings. The van der Waals surface area contributed by atoms with E-state index in [0.717, 1.165) is 17.7 Å². The lowest BCUT2D eigenvalue weighted by Crippen LogP contribution is -1.97. The third kappa shape index (κ3) is 4.13. The summed E-state index contributed by atoms with van der Waals surface area (Å²) in [6.45, 7) is 4.41. The quantitative estimate of drug-likeness (QED) is 0.800. The molecule has 0 atom stereocenters. The Morgan fingerprint density at radius 3 is 2.65 bits per heavy atom. The first kappa shape index (κ1) is 14.7. The van der Waals surface area contributed by atoms with Crippen molar-refractivity contribution < 1.29 is 9.90 Å². The van der Waals surface area contributed by atoms with Gasteiger partial charge in [0.25, 0.3) is 0 Å². The van der Waals surface area contributed by atoms with E-state index in [0.29, 0.717) is 11.1 Å². The summed E-state index contributed by atoms with van der Waals surface area (Å²) in [6, 6.07) is 8.38. The van der Waals surface area contributed by atoms with Crippen LogP contribution in [0.15, 0.2) is 35.6 Å². The number of aliphatic carboxylic acids is 1. The minimum Gasteiger partial charge on any atom is -0.481 e. The molecule has 0 amide bonds. The van der Waals surface area contributed by atoms with Gasteiger partial charge in [0.15, 0.2) is 5.16 Å². The molecule has 0 aliphatic heterocycles. The lowest BCUT2D eigenvalue weighted by Gasteiger charge is -2.05. The molecule has 20 heavy (non-hydrogen) atoms. The van der Waals surface area contributed by atoms with Crippen LogP contribution in [-0.2, 0) is 11.2 Å². The van der Waals surface area contributed by atoms with Gasteiger partial charge in [-0.25, -0.2) is 4.98 Å². The second-order valence-electron chi connectivity index (χ2n) is 5.08. The van der Waals surface area contributed by atoms with Crippen LogP contribution in [0.3, 0.4) is 0 Å². The lowest BCUT2D eigenvalue weighted by atomic mass is 10.0. The number of aromatic amines is 1. The number of hydrogen-bond acceptors (Lipinski definition) is 3. The van der Waals surface area contributed by atoms with Gasteiger partial charge in [-0.3, -0.25) is 4.79 Å². The highest BCUT2D eigenvalue weighted by Gasteiger charge is 2.06. The number of aromatic nitrogens is 2. The molecule has 0 saturated carbocycles. The highest BCUT2D eigenvalue weighted by Crippen LogP contribution is 2.22. The van der Waals surface area contributed by atoms with E-state index in [-0.39, 0.29) is 5.75 Å². The van der Waals surface area contributed by atoms with Crippen molar-refractivity contribution in [2.75, 3.05) is 5.75 Å². The molecule has 0 unspecified atom stereocenters. The van der Waals surface area contributed by atoms with E-state index >= 15 is 0 Å². The smallest absolute Gasteiger partial charge is 0.313 e. The molecular formula is C15H18N2O2S. The van der Waals surface area contributed by atoms with E-state index in [9.17, 15) is 4.79 Å². The Labute approximate surface area is 122 Å². The fourth-order valence-electron chi connectivity index (χ4n) is 1.94. The highest BCUT2D eigenvalue weighted by molar-refractivity contribution is 7.99. The summed E-state index contributed by atoms with van der Waals surface area (Å²) in [5, 5.41) is 9.27. The third-order valence-corrected chi connectivity index (χ3v) is 3.67. The predicted molar refractivity (Wildman–Crippen MR) is 80.9 cm³/mol. The van der Waals surface area contributed by atoms with Crippen LogP contribution in [0.2, 0.25) is 0 Å². The largest absolute Gasteiger partial charge is 0.481 e. The Kier molecular flexibility index (Phi) is 4.84. The van der Waals surface area contributed by atoms with E-state index in [1.807, 2.05) is 0 Å². The normalized spacial score (nSPS) is 10.9. The lowest BCUT2D eigenvalue weighted by molar-refractivity contribution is -0.133. The number of imidazole rings is 1. The predicted octanol–water partition coefficient (Wildman–Crippen LogP) is 3.45. The van der Waals surface area contributed by atoms with Crippen LogP contribution in [0.4, 0.5) is 0 Å². The minimum atomic E-state index is -0.842. The van der Waals surface area contributed by atoms with Crippen LogP contribution >= 0.6 is 11.8 Å². The molecule has 2 N–H and O–H groups in total. The molecule has 0 saturated heterocycles. The van der Waals surface area contributed by atoms with Gasteiger partial charge in [-0.15, -0.1) is 0 Å². The number of nitrogens with zero attached hydrogens (tertiary/aromatic N) is 1. The van der Waals surface area contributed by atoms with Crippen molar-refractivity contribution in [2.45, 2.75) is 25.4 Å². The fraction of sp³-hybridized carbons (Fsp3) is 0.333. The second-order valence-corrected chi connectivity index (χ2v) is 6.04. The van der Waals surface area contributed by atoms with Crippen LogP contribution in [0.1, 0.15) is 19.4 Å². The van der Waals surface area contributed by atoms with E-state index < -0.39 is 5.97 Å². The molecule has 1 aromatic carbocycles. The van der Waals surface area contributed by atoms with E-state index in [1.165, 1.54) is 17.3 Å². The molecule has 4 nitrogen and oxygen atoms in total. The Hall–Kier alpha value is -1.75. The zero-order chi connectivity index (χ0) is 14.5. The van der Waals surface area contributed by atoms with Gasteiger partial charge in [-0.1, -0.05) is 49.9 Å². The molecular weight excluding hydrogens is 272 g/mol. The van der Waals surface area contributed by atoms with E-state index in [2.05, 4.69) is 48.1 Å². The van der Waals surface area contributed by atoms with Gasteiger partial charge in [0, 0.05) is 0 Å². The summed E-state index contributed by atoms with van der Waals surface area (Å²) in [5.41, 5.74) is 3.30. The topological polar surface area (TPSA) is 66.0 Å². The average Bonchev–Trinajstić information content (AvgIpc) is 2.85.